The average Bonchev–Trinajstić information content (AvgIpc) is 2.59. The predicted octanol–water partition coefficient (Wildman–Crippen LogP) is 6.54. The molecule has 0 atom stereocenters. The summed E-state index contributed by atoms with van der Waals surface area (Å²) in [7, 11) is 3.45. The number of hydrogen-bond acceptors (Lipinski definition) is 2. The third-order valence-electron chi connectivity index (χ3n) is 4.32. The van der Waals surface area contributed by atoms with E-state index >= 15 is 0 Å². The molecule has 23 heavy (non-hydrogen) atoms. The maximum atomic E-state index is 5.44. The van der Waals surface area contributed by atoms with E-state index in [4.69, 9.17) is 9.47 Å². The maximum absolute atomic E-state index is 5.44. The highest BCUT2D eigenvalue weighted by atomic mass is 79.9. The molecule has 0 fully saturated rings. The molecule has 0 amide bonds. The number of benzene rings is 1. The molecule has 0 aromatic heterocycles. The minimum Gasteiger partial charge on any atom is -0.497 e. The molecule has 0 bridgehead atoms. The number of hydrogen-bond donors (Lipinski definition) is 0. The second kappa shape index (κ2) is 13.7. The molecule has 0 aliphatic carbocycles. The molecule has 0 spiro atoms. The fourth-order valence-electron chi connectivity index (χ4n) is 2.90. The summed E-state index contributed by atoms with van der Waals surface area (Å²) in [6, 6.07) is 6.07. The zero-order valence-corrected chi connectivity index (χ0v) is 16.5. The first-order valence-electron chi connectivity index (χ1n) is 9.08. The summed E-state index contributed by atoms with van der Waals surface area (Å²) in [4.78, 5) is 0. The molecule has 2 nitrogen and oxygen atoms in total. The van der Waals surface area contributed by atoms with Crippen LogP contribution in [0.15, 0.2) is 18.2 Å². The van der Waals surface area contributed by atoms with E-state index in [0.29, 0.717) is 0 Å². The number of ether oxygens (including phenoxy) is 2. The first-order chi connectivity index (χ1) is 11.3. The molecule has 0 aliphatic heterocycles. The Hall–Kier alpha value is -0.700. The van der Waals surface area contributed by atoms with Gasteiger partial charge in [-0.1, -0.05) is 67.3 Å². The fourth-order valence-corrected chi connectivity index (χ4v) is 3.30. The van der Waals surface area contributed by atoms with Gasteiger partial charge in [-0.3, -0.25) is 0 Å². The smallest absolute Gasteiger partial charge is 0.122 e. The van der Waals surface area contributed by atoms with Crippen LogP contribution >= 0.6 is 15.9 Å². The molecule has 3 heteroatoms. The van der Waals surface area contributed by atoms with Crippen molar-refractivity contribution in [1.82, 2.24) is 0 Å². The van der Waals surface area contributed by atoms with Gasteiger partial charge >= 0.3 is 0 Å². The highest BCUT2D eigenvalue weighted by Gasteiger charge is 2.04. The molecule has 1 aromatic rings. The van der Waals surface area contributed by atoms with Crippen LogP contribution in [0.3, 0.4) is 0 Å². The van der Waals surface area contributed by atoms with Crippen molar-refractivity contribution in [3.05, 3.63) is 23.8 Å². The van der Waals surface area contributed by atoms with Crippen LogP contribution < -0.4 is 9.47 Å². The third-order valence-corrected chi connectivity index (χ3v) is 4.88. The van der Waals surface area contributed by atoms with Crippen LogP contribution in [0.25, 0.3) is 0 Å². The SMILES string of the molecule is COc1ccc(OC)c(CCCCCCCCCCCCBr)c1. The lowest BCUT2D eigenvalue weighted by Gasteiger charge is -2.10. The highest BCUT2D eigenvalue weighted by Crippen LogP contribution is 2.25. The molecule has 1 rings (SSSR count). The van der Waals surface area contributed by atoms with Gasteiger partial charge in [-0.15, -0.1) is 0 Å². The molecule has 0 aliphatic rings. The van der Waals surface area contributed by atoms with E-state index in [0.717, 1.165) is 23.2 Å². The van der Waals surface area contributed by atoms with Crippen LogP contribution in [0.5, 0.6) is 11.5 Å². The molecular weight excluding hydrogens is 352 g/mol. The molecular formula is C20H33BrO2. The second-order valence-electron chi connectivity index (χ2n) is 6.15. The van der Waals surface area contributed by atoms with E-state index in [1.54, 1.807) is 14.2 Å². The molecule has 1 aromatic carbocycles. The quantitative estimate of drug-likeness (QED) is 0.267. The van der Waals surface area contributed by atoms with Gasteiger partial charge in [0.25, 0.3) is 0 Å². The molecule has 0 saturated heterocycles. The normalized spacial score (nSPS) is 10.7. The Kier molecular flexibility index (Phi) is 12.1. The minimum absolute atomic E-state index is 0.917. The van der Waals surface area contributed by atoms with Crippen molar-refractivity contribution in [1.29, 1.82) is 0 Å². The van der Waals surface area contributed by atoms with Crippen molar-refractivity contribution >= 4 is 15.9 Å². The number of methoxy groups -OCH3 is 2. The highest BCUT2D eigenvalue weighted by molar-refractivity contribution is 9.09. The Labute approximate surface area is 151 Å². The van der Waals surface area contributed by atoms with Crippen molar-refractivity contribution in [3.8, 4) is 11.5 Å². The van der Waals surface area contributed by atoms with Crippen molar-refractivity contribution in [2.24, 2.45) is 0 Å². The van der Waals surface area contributed by atoms with Crippen LogP contribution in [0.1, 0.15) is 69.8 Å². The van der Waals surface area contributed by atoms with Gasteiger partial charge < -0.3 is 9.47 Å². The summed E-state index contributed by atoms with van der Waals surface area (Å²) in [5.41, 5.74) is 1.26. The van der Waals surface area contributed by atoms with E-state index in [-0.39, 0.29) is 0 Å². The van der Waals surface area contributed by atoms with Gasteiger partial charge in [0.2, 0.25) is 0 Å². The van der Waals surface area contributed by atoms with Gasteiger partial charge in [0.1, 0.15) is 11.5 Å². The van der Waals surface area contributed by atoms with Crippen LogP contribution in [-0.2, 0) is 6.42 Å². The van der Waals surface area contributed by atoms with E-state index < -0.39 is 0 Å². The van der Waals surface area contributed by atoms with E-state index in [9.17, 15) is 0 Å². The molecule has 0 heterocycles. The van der Waals surface area contributed by atoms with Crippen LogP contribution in [0.2, 0.25) is 0 Å². The molecule has 0 saturated carbocycles. The van der Waals surface area contributed by atoms with Crippen molar-refractivity contribution in [2.75, 3.05) is 19.5 Å². The van der Waals surface area contributed by atoms with Gasteiger partial charge in [-0.25, -0.2) is 0 Å². The fraction of sp³-hybridized carbons (Fsp3) is 0.700. The Morgan fingerprint density at radius 3 is 1.83 bits per heavy atom. The van der Waals surface area contributed by atoms with Gasteiger partial charge in [0.15, 0.2) is 0 Å². The number of rotatable bonds is 14. The predicted molar refractivity (Wildman–Crippen MR) is 103 cm³/mol. The number of aryl methyl sites for hydroxylation is 1. The van der Waals surface area contributed by atoms with Crippen LogP contribution in [0, 0.1) is 0 Å². The van der Waals surface area contributed by atoms with Crippen LogP contribution in [-0.4, -0.2) is 19.5 Å². The molecule has 0 unspecified atom stereocenters. The largest absolute Gasteiger partial charge is 0.497 e. The average molecular weight is 385 g/mol. The number of alkyl halides is 1. The second-order valence-corrected chi connectivity index (χ2v) is 6.95. The summed E-state index contributed by atoms with van der Waals surface area (Å²) in [5, 5.41) is 1.16. The van der Waals surface area contributed by atoms with E-state index in [1.165, 1.54) is 69.8 Å². The van der Waals surface area contributed by atoms with Crippen molar-refractivity contribution in [2.45, 2.75) is 70.6 Å². The lowest BCUT2D eigenvalue weighted by Crippen LogP contribution is -1.94. The maximum Gasteiger partial charge on any atom is 0.122 e. The molecule has 132 valence electrons. The summed E-state index contributed by atoms with van der Waals surface area (Å²) in [6.45, 7) is 0. The summed E-state index contributed by atoms with van der Waals surface area (Å²) in [5.74, 6) is 1.90. The first kappa shape index (κ1) is 20.3. The van der Waals surface area contributed by atoms with Gasteiger partial charge in [0, 0.05) is 5.33 Å². The minimum atomic E-state index is 0.917. The lowest BCUT2D eigenvalue weighted by atomic mass is 10.0. The van der Waals surface area contributed by atoms with Gasteiger partial charge in [0.05, 0.1) is 14.2 Å². The van der Waals surface area contributed by atoms with Crippen molar-refractivity contribution < 1.29 is 9.47 Å². The zero-order chi connectivity index (χ0) is 16.8. The zero-order valence-electron chi connectivity index (χ0n) is 14.9. The third kappa shape index (κ3) is 9.24. The summed E-state index contributed by atoms with van der Waals surface area (Å²) in [6.07, 6.45) is 14.7. The van der Waals surface area contributed by atoms with E-state index in [1.807, 2.05) is 12.1 Å². The van der Waals surface area contributed by atoms with Crippen LogP contribution in [0.4, 0.5) is 0 Å². The lowest BCUT2D eigenvalue weighted by molar-refractivity contribution is 0.398. The van der Waals surface area contributed by atoms with Crippen molar-refractivity contribution in [3.63, 3.8) is 0 Å². The standard InChI is InChI=1S/C20H33BrO2/c1-22-19-14-15-20(23-2)18(17-19)13-11-9-7-5-3-4-6-8-10-12-16-21/h14-15,17H,3-13,16H2,1-2H3. The van der Waals surface area contributed by atoms with Gasteiger partial charge in [-0.2, -0.15) is 0 Å². The molecule has 0 radical (unpaired) electrons. The first-order valence-corrected chi connectivity index (χ1v) is 10.2. The Bertz CT molecular complexity index is 407. The monoisotopic (exact) mass is 384 g/mol. The Morgan fingerprint density at radius 2 is 1.30 bits per heavy atom. The van der Waals surface area contributed by atoms with E-state index in [2.05, 4.69) is 22.0 Å². The van der Waals surface area contributed by atoms with Gasteiger partial charge in [-0.05, 0) is 43.0 Å². The number of unbranched alkanes of at least 4 members (excludes halogenated alkanes) is 9. The summed E-state index contributed by atoms with van der Waals surface area (Å²) >= 11 is 3.49. The Morgan fingerprint density at radius 1 is 0.739 bits per heavy atom. The molecule has 0 N–H and O–H groups in total. The topological polar surface area (TPSA) is 18.5 Å². The Balaban J connectivity index is 2.06. The number of halogens is 1. The summed E-state index contributed by atoms with van der Waals surface area (Å²) < 4.78 is 10.7.